The molecular formula is C8H8N6O4S2. The lowest BCUT2D eigenvalue weighted by molar-refractivity contribution is -0.387. The Kier molecular flexibility index (Phi) is 3.78. The zero-order valence-electron chi connectivity index (χ0n) is 9.68. The Labute approximate surface area is 117 Å². The second-order valence-electron chi connectivity index (χ2n) is 3.47. The molecule has 106 valence electrons. The van der Waals surface area contributed by atoms with Gasteiger partial charge in [0.05, 0.1) is 16.8 Å². The molecule has 0 aliphatic heterocycles. The maximum Gasteiger partial charge on any atom is 0.290 e. The predicted octanol–water partition coefficient (Wildman–Crippen LogP) is 0.533. The lowest BCUT2D eigenvalue weighted by Crippen LogP contribution is -2.15. The molecule has 0 unspecified atom stereocenters. The Hall–Kier alpha value is -2.31. The van der Waals surface area contributed by atoms with Crippen molar-refractivity contribution in [2.75, 3.05) is 10.1 Å². The smallest absolute Gasteiger partial charge is 0.290 e. The zero-order valence-corrected chi connectivity index (χ0v) is 11.3. The number of hydrogen-bond donors (Lipinski definition) is 3. The molecule has 1 heterocycles. The Morgan fingerprint density at radius 3 is 2.70 bits per heavy atom. The SMILES string of the molecule is NNc1ccc([N+](=O)[O-])c(S(=O)(=O)Nc2cnns2)c1. The maximum atomic E-state index is 12.2. The number of hydrogen-bond acceptors (Lipinski definition) is 9. The molecule has 0 saturated heterocycles. The molecule has 12 heteroatoms. The number of nitrogen functional groups attached to an aromatic ring is 1. The van der Waals surface area contributed by atoms with Crippen LogP contribution < -0.4 is 16.0 Å². The molecule has 0 radical (unpaired) electrons. The van der Waals surface area contributed by atoms with Crippen molar-refractivity contribution in [3.05, 3.63) is 34.5 Å². The fourth-order valence-electron chi connectivity index (χ4n) is 1.37. The Balaban J connectivity index is 2.51. The van der Waals surface area contributed by atoms with Gasteiger partial charge in [-0.3, -0.25) is 20.7 Å². The summed E-state index contributed by atoms with van der Waals surface area (Å²) in [6.07, 6.45) is 1.19. The molecule has 0 atom stereocenters. The van der Waals surface area contributed by atoms with Crippen LogP contribution in [0.3, 0.4) is 0 Å². The zero-order chi connectivity index (χ0) is 14.8. The fourth-order valence-corrected chi connectivity index (χ4v) is 3.25. The van der Waals surface area contributed by atoms with Crippen LogP contribution in [0.5, 0.6) is 0 Å². The number of nitrogens with two attached hydrogens (primary N) is 1. The van der Waals surface area contributed by atoms with E-state index in [4.69, 9.17) is 5.84 Å². The van der Waals surface area contributed by atoms with Gasteiger partial charge in [0.2, 0.25) is 0 Å². The van der Waals surface area contributed by atoms with E-state index in [1.54, 1.807) is 0 Å². The van der Waals surface area contributed by atoms with E-state index < -0.39 is 25.5 Å². The third-order valence-corrected chi connectivity index (χ3v) is 4.31. The molecule has 2 rings (SSSR count). The molecule has 0 bridgehead atoms. The number of aromatic nitrogens is 2. The third kappa shape index (κ3) is 2.81. The minimum atomic E-state index is -4.15. The van der Waals surface area contributed by atoms with Crippen molar-refractivity contribution in [2.45, 2.75) is 4.90 Å². The number of nitrogens with one attached hydrogen (secondary N) is 2. The third-order valence-electron chi connectivity index (χ3n) is 2.21. The first-order valence-electron chi connectivity index (χ1n) is 4.99. The highest BCUT2D eigenvalue weighted by Crippen LogP contribution is 2.28. The molecule has 0 aliphatic carbocycles. The van der Waals surface area contributed by atoms with E-state index in [-0.39, 0.29) is 10.7 Å². The van der Waals surface area contributed by atoms with Crippen LogP contribution >= 0.6 is 11.5 Å². The second-order valence-corrected chi connectivity index (χ2v) is 5.91. The first-order chi connectivity index (χ1) is 9.44. The minimum absolute atomic E-state index is 0.144. The van der Waals surface area contributed by atoms with Crippen LogP contribution in [0, 0.1) is 10.1 Å². The number of sulfonamides is 1. The second kappa shape index (κ2) is 5.36. The summed E-state index contributed by atoms with van der Waals surface area (Å²) in [6, 6.07) is 3.41. The van der Waals surface area contributed by atoms with Crippen LogP contribution in [0.2, 0.25) is 0 Å². The first kappa shape index (κ1) is 14.1. The highest BCUT2D eigenvalue weighted by atomic mass is 32.2. The van der Waals surface area contributed by atoms with E-state index in [1.807, 2.05) is 0 Å². The number of anilines is 2. The Morgan fingerprint density at radius 2 is 2.15 bits per heavy atom. The van der Waals surface area contributed by atoms with Crippen LogP contribution in [0.25, 0.3) is 0 Å². The molecule has 4 N–H and O–H groups in total. The van der Waals surface area contributed by atoms with E-state index in [0.29, 0.717) is 0 Å². The molecule has 0 saturated carbocycles. The minimum Gasteiger partial charge on any atom is -0.324 e. The van der Waals surface area contributed by atoms with Crippen LogP contribution in [0.4, 0.5) is 16.4 Å². The Morgan fingerprint density at radius 1 is 1.40 bits per heavy atom. The molecule has 0 amide bonds. The van der Waals surface area contributed by atoms with Crippen LogP contribution in [-0.2, 0) is 10.0 Å². The van der Waals surface area contributed by atoms with Gasteiger partial charge in [0.1, 0.15) is 5.00 Å². The van der Waals surface area contributed by atoms with Gasteiger partial charge in [-0.2, -0.15) is 0 Å². The van der Waals surface area contributed by atoms with Gasteiger partial charge in [0.25, 0.3) is 15.7 Å². The van der Waals surface area contributed by atoms with Gasteiger partial charge in [-0.15, -0.1) is 5.10 Å². The topological polar surface area (TPSA) is 153 Å². The van der Waals surface area contributed by atoms with E-state index in [9.17, 15) is 18.5 Å². The average Bonchev–Trinajstić information content (AvgIpc) is 2.90. The number of hydrazine groups is 1. The standard InChI is InChI=1S/C8H8N6O4S2/c9-11-5-1-2-6(14(15)16)7(3-5)20(17,18)12-8-4-10-13-19-8/h1-4,11-12H,9H2. The van der Waals surface area contributed by atoms with Gasteiger partial charge < -0.3 is 5.43 Å². The molecule has 0 aliphatic rings. The number of rotatable bonds is 5. The van der Waals surface area contributed by atoms with E-state index in [0.717, 1.165) is 23.7 Å². The van der Waals surface area contributed by atoms with Gasteiger partial charge in [0, 0.05) is 17.6 Å². The first-order valence-corrected chi connectivity index (χ1v) is 7.25. The number of nitrogens with zero attached hydrogens (tertiary/aromatic N) is 3. The molecule has 0 spiro atoms. The lowest BCUT2D eigenvalue weighted by atomic mass is 10.3. The summed E-state index contributed by atoms with van der Waals surface area (Å²) < 4.78 is 30.0. The average molecular weight is 316 g/mol. The summed E-state index contributed by atoms with van der Waals surface area (Å²) in [5.41, 5.74) is 1.89. The van der Waals surface area contributed by atoms with Crippen molar-refractivity contribution in [3.8, 4) is 0 Å². The lowest BCUT2D eigenvalue weighted by Gasteiger charge is -2.07. The van der Waals surface area contributed by atoms with Gasteiger partial charge in [-0.05, 0) is 12.1 Å². The summed E-state index contributed by atoms with van der Waals surface area (Å²) in [5.74, 6) is 5.17. The van der Waals surface area contributed by atoms with Crippen molar-refractivity contribution in [3.63, 3.8) is 0 Å². The number of nitro groups is 1. The van der Waals surface area contributed by atoms with Crippen molar-refractivity contribution in [1.29, 1.82) is 0 Å². The molecule has 1 aromatic heterocycles. The highest BCUT2D eigenvalue weighted by Gasteiger charge is 2.26. The summed E-state index contributed by atoms with van der Waals surface area (Å²) in [4.78, 5) is 9.61. The van der Waals surface area contributed by atoms with Crippen LogP contribution in [-0.4, -0.2) is 22.9 Å². The number of nitro benzene ring substituents is 1. The van der Waals surface area contributed by atoms with Gasteiger partial charge in [-0.1, -0.05) is 4.49 Å². The van der Waals surface area contributed by atoms with Gasteiger partial charge in [0.15, 0.2) is 4.90 Å². The quantitative estimate of drug-likeness (QED) is 0.410. The molecule has 0 fully saturated rings. The van der Waals surface area contributed by atoms with Crippen LogP contribution in [0.15, 0.2) is 29.3 Å². The number of benzene rings is 1. The molecule has 2 aromatic rings. The summed E-state index contributed by atoms with van der Waals surface area (Å²) >= 11 is 0.807. The maximum absolute atomic E-state index is 12.2. The van der Waals surface area contributed by atoms with E-state index >= 15 is 0 Å². The van der Waals surface area contributed by atoms with Crippen molar-refractivity contribution in [1.82, 2.24) is 9.59 Å². The van der Waals surface area contributed by atoms with Crippen LogP contribution in [0.1, 0.15) is 0 Å². The van der Waals surface area contributed by atoms with Crippen molar-refractivity contribution < 1.29 is 13.3 Å². The molecule has 1 aromatic carbocycles. The normalized spacial score (nSPS) is 11.1. The summed E-state index contributed by atoms with van der Waals surface area (Å²) in [6.45, 7) is 0. The van der Waals surface area contributed by atoms with E-state index in [2.05, 4.69) is 19.7 Å². The molecule has 10 nitrogen and oxygen atoms in total. The van der Waals surface area contributed by atoms with E-state index in [1.165, 1.54) is 12.3 Å². The van der Waals surface area contributed by atoms with Gasteiger partial charge in [-0.25, -0.2) is 8.42 Å². The molecular weight excluding hydrogens is 308 g/mol. The summed E-state index contributed by atoms with van der Waals surface area (Å²) in [7, 11) is -4.15. The van der Waals surface area contributed by atoms with Crippen molar-refractivity contribution in [2.24, 2.45) is 5.84 Å². The largest absolute Gasteiger partial charge is 0.324 e. The van der Waals surface area contributed by atoms with Gasteiger partial charge >= 0.3 is 0 Å². The monoisotopic (exact) mass is 316 g/mol. The summed E-state index contributed by atoms with van der Waals surface area (Å²) in [5, 5.41) is 14.5. The predicted molar refractivity (Wildman–Crippen MR) is 71.6 cm³/mol. The highest BCUT2D eigenvalue weighted by molar-refractivity contribution is 7.93. The van der Waals surface area contributed by atoms with Crippen molar-refractivity contribution >= 4 is 37.9 Å². The fraction of sp³-hybridized carbons (Fsp3) is 0. The Bertz CT molecular complexity index is 729. The molecule has 20 heavy (non-hydrogen) atoms.